The van der Waals surface area contributed by atoms with Gasteiger partial charge in [-0.25, -0.2) is 0 Å². The van der Waals surface area contributed by atoms with E-state index in [1.54, 1.807) is 0 Å². The molecule has 1 unspecified atom stereocenters. The summed E-state index contributed by atoms with van der Waals surface area (Å²) in [6, 6.07) is 15.3. The number of halogens is 1. The number of benzene rings is 1. The molecule has 1 aromatic carbocycles. The van der Waals surface area contributed by atoms with Gasteiger partial charge in [0.25, 0.3) is 0 Å². The molecule has 0 saturated carbocycles. The second-order valence-corrected chi connectivity index (χ2v) is 7.50. The molecule has 0 saturated heterocycles. The zero-order chi connectivity index (χ0) is 17.4. The second kappa shape index (κ2) is 11.5. The Morgan fingerprint density at radius 1 is 1.12 bits per heavy atom. The lowest BCUT2D eigenvalue weighted by Gasteiger charge is -2.25. The summed E-state index contributed by atoms with van der Waals surface area (Å²) in [5.41, 5.74) is 1.36. The third-order valence-corrected chi connectivity index (χ3v) is 5.00. The highest BCUT2D eigenvalue weighted by Gasteiger charge is 2.13. The van der Waals surface area contributed by atoms with E-state index < -0.39 is 0 Å². The fourth-order valence-corrected chi connectivity index (χ4v) is 3.34. The zero-order valence-electron chi connectivity index (χ0n) is 15.5. The van der Waals surface area contributed by atoms with Crippen molar-refractivity contribution in [2.24, 2.45) is 4.99 Å². The third-order valence-electron chi connectivity index (χ3n) is 4.00. The molecule has 2 N–H and O–H groups in total. The first kappa shape index (κ1) is 21.9. The van der Waals surface area contributed by atoms with Crippen LogP contribution in [0.4, 0.5) is 0 Å². The summed E-state index contributed by atoms with van der Waals surface area (Å²) in [5.74, 6) is 0.848. The van der Waals surface area contributed by atoms with Gasteiger partial charge in [0.1, 0.15) is 0 Å². The second-order valence-electron chi connectivity index (χ2n) is 6.13. The molecule has 4 nitrogen and oxygen atoms in total. The maximum absolute atomic E-state index is 4.33. The Balaban J connectivity index is 0.00000312. The smallest absolute Gasteiger partial charge is 0.191 e. The molecule has 2 aromatic rings. The lowest BCUT2D eigenvalue weighted by Crippen LogP contribution is -2.45. The minimum atomic E-state index is 0. The molecule has 0 spiro atoms. The Bertz CT molecular complexity index is 640. The molecule has 1 atom stereocenters. The SMILES string of the molecule is CN=C(NCc1ccc(C)s1)NCC(Cc1ccccc1)N(C)C.I. The van der Waals surface area contributed by atoms with Crippen molar-refractivity contribution in [3.63, 3.8) is 0 Å². The highest BCUT2D eigenvalue weighted by Crippen LogP contribution is 2.14. The van der Waals surface area contributed by atoms with Crippen molar-refractivity contribution in [1.82, 2.24) is 15.5 Å². The summed E-state index contributed by atoms with van der Waals surface area (Å²) >= 11 is 1.82. The predicted molar refractivity (Wildman–Crippen MR) is 120 cm³/mol. The zero-order valence-corrected chi connectivity index (χ0v) is 18.6. The number of guanidine groups is 1. The van der Waals surface area contributed by atoms with Gasteiger partial charge in [-0.3, -0.25) is 4.99 Å². The molecule has 2 rings (SSSR count). The molecule has 6 heteroatoms. The van der Waals surface area contributed by atoms with Crippen LogP contribution in [0.1, 0.15) is 15.3 Å². The van der Waals surface area contributed by atoms with Gasteiger partial charge >= 0.3 is 0 Å². The molecular formula is C19H29IN4S. The van der Waals surface area contributed by atoms with Crippen LogP contribution in [0.2, 0.25) is 0 Å². The topological polar surface area (TPSA) is 39.7 Å². The Hall–Kier alpha value is -1.12. The molecule has 0 aliphatic heterocycles. The van der Waals surface area contributed by atoms with E-state index in [2.05, 4.69) is 84.0 Å². The maximum atomic E-state index is 4.33. The Morgan fingerprint density at radius 2 is 1.84 bits per heavy atom. The van der Waals surface area contributed by atoms with E-state index >= 15 is 0 Å². The van der Waals surface area contributed by atoms with Crippen LogP contribution in [0.3, 0.4) is 0 Å². The molecule has 138 valence electrons. The van der Waals surface area contributed by atoms with E-state index in [9.17, 15) is 0 Å². The molecule has 1 aromatic heterocycles. The number of nitrogens with one attached hydrogen (secondary N) is 2. The molecule has 0 aliphatic rings. The van der Waals surface area contributed by atoms with Crippen molar-refractivity contribution in [2.75, 3.05) is 27.7 Å². The van der Waals surface area contributed by atoms with E-state index in [0.717, 1.165) is 25.5 Å². The minimum absolute atomic E-state index is 0. The van der Waals surface area contributed by atoms with Gasteiger partial charge in [0.15, 0.2) is 5.96 Å². The van der Waals surface area contributed by atoms with Gasteiger partial charge in [0.05, 0.1) is 6.54 Å². The van der Waals surface area contributed by atoms with Gasteiger partial charge in [0, 0.05) is 29.4 Å². The van der Waals surface area contributed by atoms with Crippen LogP contribution in [-0.2, 0) is 13.0 Å². The average molecular weight is 472 g/mol. The molecule has 0 radical (unpaired) electrons. The van der Waals surface area contributed by atoms with Crippen LogP contribution in [-0.4, -0.2) is 44.6 Å². The fourth-order valence-electron chi connectivity index (χ4n) is 2.51. The number of aryl methyl sites for hydroxylation is 1. The van der Waals surface area contributed by atoms with Gasteiger partial charge in [-0.15, -0.1) is 35.3 Å². The molecular weight excluding hydrogens is 443 g/mol. The largest absolute Gasteiger partial charge is 0.355 e. The maximum Gasteiger partial charge on any atom is 0.191 e. The monoisotopic (exact) mass is 472 g/mol. The highest BCUT2D eigenvalue weighted by atomic mass is 127. The Labute approximate surface area is 172 Å². The first-order valence-corrected chi connectivity index (χ1v) is 9.10. The fraction of sp³-hybridized carbons (Fsp3) is 0.421. The molecule has 0 amide bonds. The van der Waals surface area contributed by atoms with Gasteiger partial charge in [-0.1, -0.05) is 30.3 Å². The first-order chi connectivity index (χ1) is 11.6. The number of likely N-dealkylation sites (N-methyl/N-ethyl adjacent to an activating group) is 1. The number of hydrogen-bond donors (Lipinski definition) is 2. The first-order valence-electron chi connectivity index (χ1n) is 8.28. The van der Waals surface area contributed by atoms with E-state index in [0.29, 0.717) is 6.04 Å². The van der Waals surface area contributed by atoms with Gasteiger partial charge in [-0.2, -0.15) is 0 Å². The summed E-state index contributed by atoms with van der Waals surface area (Å²) in [4.78, 5) is 9.25. The standard InChI is InChI=1S/C19H28N4S.HI/c1-15-10-11-18(24-15)14-22-19(20-2)21-13-17(23(3)4)12-16-8-6-5-7-9-16;/h5-11,17H,12-14H2,1-4H3,(H2,20,21,22);1H. The Kier molecular flexibility index (Phi) is 10.1. The van der Waals surface area contributed by atoms with E-state index in [4.69, 9.17) is 0 Å². The van der Waals surface area contributed by atoms with Crippen LogP contribution >= 0.6 is 35.3 Å². The molecule has 1 heterocycles. The lowest BCUT2D eigenvalue weighted by atomic mass is 10.1. The normalized spacial score (nSPS) is 12.6. The van der Waals surface area contributed by atoms with Crippen molar-refractivity contribution in [3.05, 3.63) is 57.8 Å². The average Bonchev–Trinajstić information content (AvgIpc) is 3.00. The van der Waals surface area contributed by atoms with Gasteiger partial charge in [-0.05, 0) is 45.1 Å². The van der Waals surface area contributed by atoms with Crippen LogP contribution in [0.25, 0.3) is 0 Å². The van der Waals surface area contributed by atoms with Crippen LogP contribution in [0, 0.1) is 6.92 Å². The third kappa shape index (κ3) is 7.75. The number of thiophene rings is 1. The van der Waals surface area contributed by atoms with E-state index in [1.165, 1.54) is 15.3 Å². The molecule has 0 aliphatic carbocycles. The summed E-state index contributed by atoms with van der Waals surface area (Å²) in [7, 11) is 6.07. The van der Waals surface area contributed by atoms with E-state index in [-0.39, 0.29) is 24.0 Å². The van der Waals surface area contributed by atoms with Gasteiger partial charge < -0.3 is 15.5 Å². The summed E-state index contributed by atoms with van der Waals surface area (Å²) in [5, 5.41) is 6.84. The van der Waals surface area contributed by atoms with Crippen LogP contribution in [0.15, 0.2) is 47.5 Å². The number of rotatable bonds is 7. The van der Waals surface area contributed by atoms with Crippen molar-refractivity contribution in [2.45, 2.75) is 25.9 Å². The van der Waals surface area contributed by atoms with Crippen molar-refractivity contribution in [3.8, 4) is 0 Å². The molecule has 25 heavy (non-hydrogen) atoms. The number of aliphatic imine (C=N–C) groups is 1. The summed E-state index contributed by atoms with van der Waals surface area (Å²) in [6.07, 6.45) is 1.02. The van der Waals surface area contributed by atoms with Crippen molar-refractivity contribution >= 4 is 41.3 Å². The number of nitrogens with zero attached hydrogens (tertiary/aromatic N) is 2. The summed E-state index contributed by atoms with van der Waals surface area (Å²) < 4.78 is 0. The van der Waals surface area contributed by atoms with Gasteiger partial charge in [0.2, 0.25) is 0 Å². The van der Waals surface area contributed by atoms with Crippen LogP contribution in [0.5, 0.6) is 0 Å². The quantitative estimate of drug-likeness (QED) is 0.368. The van der Waals surface area contributed by atoms with Crippen molar-refractivity contribution in [1.29, 1.82) is 0 Å². The van der Waals surface area contributed by atoms with E-state index in [1.807, 2.05) is 18.4 Å². The summed E-state index contributed by atoms with van der Waals surface area (Å²) in [6.45, 7) is 3.79. The van der Waals surface area contributed by atoms with Crippen molar-refractivity contribution < 1.29 is 0 Å². The highest BCUT2D eigenvalue weighted by molar-refractivity contribution is 14.0. The molecule has 0 fully saturated rings. The Morgan fingerprint density at radius 3 is 2.40 bits per heavy atom. The molecule has 0 bridgehead atoms. The number of hydrogen-bond acceptors (Lipinski definition) is 3. The van der Waals surface area contributed by atoms with Crippen LogP contribution < -0.4 is 10.6 Å². The lowest BCUT2D eigenvalue weighted by molar-refractivity contribution is 0.290. The predicted octanol–water partition coefficient (Wildman–Crippen LogP) is 3.51. The minimum Gasteiger partial charge on any atom is -0.355 e.